The molecule has 1 atom stereocenters. The average molecular weight is 325 g/mol. The molecule has 1 unspecified atom stereocenters. The van der Waals surface area contributed by atoms with Crippen molar-refractivity contribution in [1.82, 2.24) is 10.6 Å². The first-order chi connectivity index (χ1) is 10.0. The molecule has 1 aromatic carbocycles. The van der Waals surface area contributed by atoms with Gasteiger partial charge in [0.15, 0.2) is 0 Å². The molecule has 1 amide bonds. The van der Waals surface area contributed by atoms with Crippen LogP contribution in [0.3, 0.4) is 0 Å². The highest BCUT2D eigenvalue weighted by Crippen LogP contribution is 2.21. The summed E-state index contributed by atoms with van der Waals surface area (Å²) in [7, 11) is 0. The van der Waals surface area contributed by atoms with Crippen LogP contribution in [0.4, 0.5) is 0 Å². The second-order valence-corrected chi connectivity index (χ2v) is 6.62. The van der Waals surface area contributed by atoms with Gasteiger partial charge < -0.3 is 10.6 Å². The molecular formula is C18H29ClN2O. The SMILES string of the molecule is CCc1ccc(C(C)(C)NC(=O)CCC2CCNC2)cc1.Cl. The lowest BCUT2D eigenvalue weighted by Gasteiger charge is -2.27. The van der Waals surface area contributed by atoms with E-state index in [0.29, 0.717) is 12.3 Å². The van der Waals surface area contributed by atoms with Crippen molar-refractivity contribution in [2.75, 3.05) is 13.1 Å². The Morgan fingerprint density at radius 1 is 1.32 bits per heavy atom. The fourth-order valence-corrected chi connectivity index (χ4v) is 2.94. The fourth-order valence-electron chi connectivity index (χ4n) is 2.94. The number of hydrogen-bond donors (Lipinski definition) is 2. The number of aryl methyl sites for hydroxylation is 1. The molecule has 1 aromatic rings. The van der Waals surface area contributed by atoms with E-state index in [2.05, 4.69) is 55.7 Å². The van der Waals surface area contributed by atoms with Crippen molar-refractivity contribution in [3.05, 3.63) is 35.4 Å². The van der Waals surface area contributed by atoms with E-state index in [0.717, 1.165) is 31.5 Å². The number of benzene rings is 1. The van der Waals surface area contributed by atoms with Crippen LogP contribution < -0.4 is 10.6 Å². The molecule has 3 nitrogen and oxygen atoms in total. The normalized spacial score (nSPS) is 17.9. The van der Waals surface area contributed by atoms with Gasteiger partial charge in [-0.1, -0.05) is 31.2 Å². The van der Waals surface area contributed by atoms with Crippen molar-refractivity contribution in [1.29, 1.82) is 0 Å². The zero-order chi connectivity index (χ0) is 15.3. The predicted octanol–water partition coefficient (Wildman–Crippen LogP) is 3.41. The molecule has 1 fully saturated rings. The molecule has 0 bridgehead atoms. The van der Waals surface area contributed by atoms with Gasteiger partial charge in [-0.15, -0.1) is 12.4 Å². The number of hydrogen-bond acceptors (Lipinski definition) is 2. The van der Waals surface area contributed by atoms with Gasteiger partial charge >= 0.3 is 0 Å². The van der Waals surface area contributed by atoms with Crippen LogP contribution in [0.5, 0.6) is 0 Å². The van der Waals surface area contributed by atoms with Crippen LogP contribution in [0.2, 0.25) is 0 Å². The molecule has 22 heavy (non-hydrogen) atoms. The molecule has 0 aliphatic carbocycles. The smallest absolute Gasteiger partial charge is 0.220 e. The minimum Gasteiger partial charge on any atom is -0.347 e. The quantitative estimate of drug-likeness (QED) is 0.842. The van der Waals surface area contributed by atoms with E-state index in [9.17, 15) is 4.79 Å². The number of rotatable bonds is 6. The highest BCUT2D eigenvalue weighted by Gasteiger charge is 2.23. The Morgan fingerprint density at radius 3 is 2.55 bits per heavy atom. The Morgan fingerprint density at radius 2 is 2.00 bits per heavy atom. The predicted molar refractivity (Wildman–Crippen MR) is 94.4 cm³/mol. The van der Waals surface area contributed by atoms with Crippen molar-refractivity contribution in [2.24, 2.45) is 5.92 Å². The van der Waals surface area contributed by atoms with Crippen LogP contribution in [0.1, 0.15) is 51.2 Å². The molecular weight excluding hydrogens is 296 g/mol. The molecule has 1 aliphatic heterocycles. The number of amides is 1. The maximum absolute atomic E-state index is 12.2. The first-order valence-corrected chi connectivity index (χ1v) is 8.12. The van der Waals surface area contributed by atoms with Crippen LogP contribution in [0.15, 0.2) is 24.3 Å². The standard InChI is InChI=1S/C18H28N2O.ClH/c1-4-14-5-8-16(9-6-14)18(2,3)20-17(21)10-7-15-11-12-19-13-15;/h5-6,8-9,15,19H,4,7,10-13H2,1-3H3,(H,20,21);1H. The lowest BCUT2D eigenvalue weighted by atomic mass is 9.92. The molecule has 0 aromatic heterocycles. The van der Waals surface area contributed by atoms with E-state index in [1.807, 2.05) is 0 Å². The summed E-state index contributed by atoms with van der Waals surface area (Å²) in [6, 6.07) is 8.54. The Kier molecular flexibility index (Phi) is 7.37. The van der Waals surface area contributed by atoms with Crippen LogP contribution in [-0.2, 0) is 16.8 Å². The monoisotopic (exact) mass is 324 g/mol. The summed E-state index contributed by atoms with van der Waals surface area (Å²) in [6.07, 6.45) is 3.87. The van der Waals surface area contributed by atoms with Gasteiger partial charge in [-0.05, 0) is 63.2 Å². The van der Waals surface area contributed by atoms with Crippen molar-refractivity contribution in [3.63, 3.8) is 0 Å². The highest BCUT2D eigenvalue weighted by atomic mass is 35.5. The zero-order valence-corrected chi connectivity index (χ0v) is 14.8. The van der Waals surface area contributed by atoms with Crippen LogP contribution >= 0.6 is 12.4 Å². The number of nitrogens with one attached hydrogen (secondary N) is 2. The summed E-state index contributed by atoms with van der Waals surface area (Å²) < 4.78 is 0. The molecule has 1 heterocycles. The maximum Gasteiger partial charge on any atom is 0.220 e. The first kappa shape index (κ1) is 19.0. The van der Waals surface area contributed by atoms with E-state index >= 15 is 0 Å². The lowest BCUT2D eigenvalue weighted by molar-refractivity contribution is -0.123. The van der Waals surface area contributed by atoms with Gasteiger partial charge in [-0.3, -0.25) is 4.79 Å². The lowest BCUT2D eigenvalue weighted by Crippen LogP contribution is -2.41. The van der Waals surface area contributed by atoms with Gasteiger partial charge in [-0.2, -0.15) is 0 Å². The third-order valence-corrected chi connectivity index (χ3v) is 4.48. The highest BCUT2D eigenvalue weighted by molar-refractivity contribution is 5.85. The van der Waals surface area contributed by atoms with E-state index < -0.39 is 0 Å². The Hall–Kier alpha value is -1.06. The molecule has 0 radical (unpaired) electrons. The van der Waals surface area contributed by atoms with E-state index in [-0.39, 0.29) is 23.9 Å². The van der Waals surface area contributed by atoms with Crippen LogP contribution in [-0.4, -0.2) is 19.0 Å². The second kappa shape index (κ2) is 8.54. The Labute approximate surface area is 140 Å². The summed E-state index contributed by atoms with van der Waals surface area (Å²) in [5, 5.41) is 6.52. The summed E-state index contributed by atoms with van der Waals surface area (Å²) >= 11 is 0. The van der Waals surface area contributed by atoms with Crippen molar-refractivity contribution >= 4 is 18.3 Å². The van der Waals surface area contributed by atoms with Gasteiger partial charge in [0.1, 0.15) is 0 Å². The number of carbonyl (C=O) groups excluding carboxylic acids is 1. The summed E-state index contributed by atoms with van der Waals surface area (Å²) in [5.41, 5.74) is 2.18. The molecule has 4 heteroatoms. The third-order valence-electron chi connectivity index (χ3n) is 4.48. The van der Waals surface area contributed by atoms with Gasteiger partial charge in [0.05, 0.1) is 5.54 Å². The molecule has 1 saturated heterocycles. The van der Waals surface area contributed by atoms with Crippen molar-refractivity contribution in [3.8, 4) is 0 Å². The number of halogens is 1. The summed E-state index contributed by atoms with van der Waals surface area (Å²) in [4.78, 5) is 12.2. The maximum atomic E-state index is 12.2. The summed E-state index contributed by atoms with van der Waals surface area (Å²) in [6.45, 7) is 8.46. The zero-order valence-electron chi connectivity index (χ0n) is 13.9. The van der Waals surface area contributed by atoms with E-state index in [1.165, 1.54) is 12.0 Å². The van der Waals surface area contributed by atoms with Gasteiger partial charge in [0.25, 0.3) is 0 Å². The Balaban J connectivity index is 0.00000242. The topological polar surface area (TPSA) is 41.1 Å². The average Bonchev–Trinajstić information content (AvgIpc) is 2.98. The van der Waals surface area contributed by atoms with Gasteiger partial charge in [0, 0.05) is 6.42 Å². The number of carbonyl (C=O) groups is 1. The largest absolute Gasteiger partial charge is 0.347 e. The van der Waals surface area contributed by atoms with E-state index in [4.69, 9.17) is 0 Å². The molecule has 0 saturated carbocycles. The Bertz CT molecular complexity index is 464. The molecule has 1 aliphatic rings. The van der Waals surface area contributed by atoms with Crippen molar-refractivity contribution < 1.29 is 4.79 Å². The van der Waals surface area contributed by atoms with Crippen molar-refractivity contribution in [2.45, 2.75) is 52.0 Å². The summed E-state index contributed by atoms with van der Waals surface area (Å²) in [5.74, 6) is 0.828. The fraction of sp³-hybridized carbons (Fsp3) is 0.611. The first-order valence-electron chi connectivity index (χ1n) is 8.12. The molecule has 0 spiro atoms. The minimum absolute atomic E-state index is 0. The molecule has 124 valence electrons. The van der Waals surface area contributed by atoms with Gasteiger partial charge in [0.2, 0.25) is 5.91 Å². The third kappa shape index (κ3) is 5.29. The van der Waals surface area contributed by atoms with Crippen LogP contribution in [0, 0.1) is 5.92 Å². The molecule has 2 rings (SSSR count). The molecule has 2 N–H and O–H groups in total. The second-order valence-electron chi connectivity index (χ2n) is 6.62. The van der Waals surface area contributed by atoms with Crippen LogP contribution in [0.25, 0.3) is 0 Å². The van der Waals surface area contributed by atoms with E-state index in [1.54, 1.807) is 0 Å². The minimum atomic E-state index is -0.308. The van der Waals surface area contributed by atoms with Gasteiger partial charge in [-0.25, -0.2) is 0 Å².